The summed E-state index contributed by atoms with van der Waals surface area (Å²) in [4.78, 5) is 33.5. The van der Waals surface area contributed by atoms with Crippen molar-refractivity contribution in [3.63, 3.8) is 0 Å². The molecule has 9 heteroatoms. The first kappa shape index (κ1) is 22.1. The normalized spacial score (nSPS) is 12.3. The van der Waals surface area contributed by atoms with E-state index in [2.05, 4.69) is 20.6 Å². The largest absolute Gasteiger partial charge is 0.444 e. The van der Waals surface area contributed by atoms with Gasteiger partial charge in [-0.15, -0.1) is 0 Å². The molecule has 3 aromatic rings. The number of nitrogens with zero attached hydrogens (tertiary/aromatic N) is 2. The molecule has 3 rings (SSSR count). The van der Waals surface area contributed by atoms with Gasteiger partial charge in [0.05, 0.1) is 11.0 Å². The van der Waals surface area contributed by atoms with E-state index in [1.807, 2.05) is 0 Å². The van der Waals surface area contributed by atoms with E-state index in [1.54, 1.807) is 45.2 Å². The third-order valence-corrected chi connectivity index (χ3v) is 4.11. The average molecular weight is 428 g/mol. The van der Waals surface area contributed by atoms with Crippen molar-refractivity contribution in [3.8, 4) is 0 Å². The van der Waals surface area contributed by atoms with Gasteiger partial charge in [0.15, 0.2) is 0 Å². The number of rotatable bonds is 5. The topological polar surface area (TPSA) is 93.2 Å². The minimum atomic E-state index is -1.14. The number of carbonyl (C=O) groups is 2. The highest BCUT2D eigenvalue weighted by molar-refractivity contribution is 5.98. The van der Waals surface area contributed by atoms with Gasteiger partial charge in [-0.05, 0) is 56.7 Å². The first-order chi connectivity index (χ1) is 14.6. The number of fused-ring (bicyclic) bond motifs is 1. The van der Waals surface area contributed by atoms with Crippen LogP contribution < -0.4 is 10.6 Å². The molecule has 0 saturated heterocycles. The first-order valence-corrected chi connectivity index (χ1v) is 9.55. The minimum absolute atomic E-state index is 0.146. The number of amides is 2. The van der Waals surface area contributed by atoms with Crippen LogP contribution in [0.1, 0.15) is 26.3 Å². The third kappa shape index (κ3) is 6.43. The lowest BCUT2D eigenvalue weighted by Crippen LogP contribution is -2.47. The van der Waals surface area contributed by atoms with E-state index in [0.717, 1.165) is 18.2 Å². The highest BCUT2D eigenvalue weighted by Crippen LogP contribution is 2.17. The second-order valence-electron chi connectivity index (χ2n) is 7.93. The Labute approximate surface area is 177 Å². The Balaban J connectivity index is 1.82. The predicted molar refractivity (Wildman–Crippen MR) is 111 cm³/mol. The summed E-state index contributed by atoms with van der Waals surface area (Å²) >= 11 is 0. The molecule has 0 fully saturated rings. The molecule has 7 nitrogen and oxygen atoms in total. The van der Waals surface area contributed by atoms with Gasteiger partial charge in [-0.1, -0.05) is 0 Å². The summed E-state index contributed by atoms with van der Waals surface area (Å²) in [7, 11) is 0. The van der Waals surface area contributed by atoms with Crippen LogP contribution >= 0.6 is 0 Å². The summed E-state index contributed by atoms with van der Waals surface area (Å²) < 4.78 is 32.4. The Morgan fingerprint density at radius 2 is 1.65 bits per heavy atom. The molecule has 1 atom stereocenters. The Bertz CT molecular complexity index is 1100. The molecule has 1 unspecified atom stereocenters. The Kier molecular flexibility index (Phi) is 6.43. The van der Waals surface area contributed by atoms with Crippen LogP contribution in [0.4, 0.5) is 19.3 Å². The van der Waals surface area contributed by atoms with Crippen LogP contribution in [0.15, 0.2) is 48.8 Å². The van der Waals surface area contributed by atoms with E-state index in [-0.39, 0.29) is 12.0 Å². The van der Waals surface area contributed by atoms with Gasteiger partial charge < -0.3 is 15.4 Å². The molecular formula is C22H22F2N4O3. The SMILES string of the molecule is CC(C)(C)OC(=O)NC(Cc1cc(F)cc(F)c1)C(=O)Nc1ccc2nccnc2c1. The zero-order valence-corrected chi connectivity index (χ0v) is 17.3. The zero-order valence-electron chi connectivity index (χ0n) is 17.3. The van der Waals surface area contributed by atoms with Crippen LogP contribution in [0.5, 0.6) is 0 Å². The number of alkyl carbamates (subject to hydrolysis) is 1. The fraction of sp³-hybridized carbons (Fsp3) is 0.273. The van der Waals surface area contributed by atoms with Crippen molar-refractivity contribution in [2.24, 2.45) is 0 Å². The molecule has 0 saturated carbocycles. The van der Waals surface area contributed by atoms with E-state index in [0.29, 0.717) is 16.7 Å². The maximum Gasteiger partial charge on any atom is 0.408 e. The molecule has 162 valence electrons. The lowest BCUT2D eigenvalue weighted by Gasteiger charge is -2.23. The molecule has 1 aromatic heterocycles. The summed E-state index contributed by atoms with van der Waals surface area (Å²) in [6.07, 6.45) is 2.11. The number of carbonyl (C=O) groups excluding carboxylic acids is 2. The zero-order chi connectivity index (χ0) is 22.6. The number of nitrogens with one attached hydrogen (secondary N) is 2. The summed E-state index contributed by atoms with van der Waals surface area (Å²) in [6, 6.07) is 6.76. The number of benzene rings is 2. The van der Waals surface area contributed by atoms with Gasteiger partial charge in [0.1, 0.15) is 23.3 Å². The Hall–Kier alpha value is -3.62. The van der Waals surface area contributed by atoms with Gasteiger partial charge in [-0.2, -0.15) is 0 Å². The summed E-state index contributed by atoms with van der Waals surface area (Å²) in [5, 5.41) is 5.16. The van der Waals surface area contributed by atoms with Gasteiger partial charge in [0.25, 0.3) is 0 Å². The lowest BCUT2D eigenvalue weighted by atomic mass is 10.0. The fourth-order valence-corrected chi connectivity index (χ4v) is 2.89. The van der Waals surface area contributed by atoms with Gasteiger partial charge in [0.2, 0.25) is 5.91 Å². The van der Waals surface area contributed by atoms with Crippen molar-refractivity contribution in [1.82, 2.24) is 15.3 Å². The molecular weight excluding hydrogens is 406 g/mol. The van der Waals surface area contributed by atoms with Gasteiger partial charge >= 0.3 is 6.09 Å². The van der Waals surface area contributed by atoms with Crippen molar-refractivity contribution in [3.05, 3.63) is 66.0 Å². The summed E-state index contributed by atoms with van der Waals surface area (Å²) in [6.45, 7) is 5.04. The van der Waals surface area contributed by atoms with Crippen LogP contribution in [0.2, 0.25) is 0 Å². The number of hydrogen-bond acceptors (Lipinski definition) is 5. The molecule has 31 heavy (non-hydrogen) atoms. The van der Waals surface area contributed by atoms with E-state index in [4.69, 9.17) is 4.74 Å². The molecule has 2 amide bonds. The molecule has 2 N–H and O–H groups in total. The number of anilines is 1. The van der Waals surface area contributed by atoms with Gasteiger partial charge in [-0.25, -0.2) is 13.6 Å². The van der Waals surface area contributed by atoms with Crippen molar-refractivity contribution in [2.45, 2.75) is 38.8 Å². The molecule has 0 aliphatic carbocycles. The van der Waals surface area contributed by atoms with E-state index >= 15 is 0 Å². The molecule has 0 aliphatic heterocycles. The summed E-state index contributed by atoms with van der Waals surface area (Å²) in [5.74, 6) is -2.14. The standard InChI is InChI=1S/C22H22F2N4O3/c1-22(2,3)31-21(30)28-19(10-13-8-14(23)11-15(24)9-13)20(29)27-16-4-5-17-18(12-16)26-7-6-25-17/h4-9,11-12,19H,10H2,1-3H3,(H,27,29)(H,28,30). The third-order valence-electron chi connectivity index (χ3n) is 4.11. The van der Waals surface area contributed by atoms with E-state index < -0.39 is 35.3 Å². The van der Waals surface area contributed by atoms with Crippen molar-refractivity contribution in [2.75, 3.05) is 5.32 Å². The van der Waals surface area contributed by atoms with Crippen molar-refractivity contribution >= 4 is 28.7 Å². The summed E-state index contributed by atoms with van der Waals surface area (Å²) in [5.41, 5.74) is 1.08. The highest BCUT2D eigenvalue weighted by atomic mass is 19.1. The second kappa shape index (κ2) is 9.03. The van der Waals surface area contributed by atoms with Crippen LogP contribution in [0.3, 0.4) is 0 Å². The van der Waals surface area contributed by atoms with Crippen LogP contribution in [-0.4, -0.2) is 33.6 Å². The molecule has 2 aromatic carbocycles. The first-order valence-electron chi connectivity index (χ1n) is 9.55. The number of halogens is 2. The van der Waals surface area contributed by atoms with Gasteiger partial charge in [-0.3, -0.25) is 14.8 Å². The highest BCUT2D eigenvalue weighted by Gasteiger charge is 2.25. The molecule has 0 bridgehead atoms. The van der Waals surface area contributed by atoms with Crippen molar-refractivity contribution in [1.29, 1.82) is 0 Å². The maximum absolute atomic E-state index is 13.6. The Morgan fingerprint density at radius 1 is 1.00 bits per heavy atom. The number of ether oxygens (including phenoxy) is 1. The lowest BCUT2D eigenvalue weighted by molar-refractivity contribution is -0.118. The molecule has 0 aliphatic rings. The monoisotopic (exact) mass is 428 g/mol. The second-order valence-corrected chi connectivity index (χ2v) is 7.93. The van der Waals surface area contributed by atoms with Crippen LogP contribution in [-0.2, 0) is 16.0 Å². The van der Waals surface area contributed by atoms with Gasteiger partial charge in [0, 0.05) is 30.6 Å². The molecule has 0 spiro atoms. The van der Waals surface area contributed by atoms with Crippen LogP contribution in [0, 0.1) is 11.6 Å². The fourth-order valence-electron chi connectivity index (χ4n) is 2.89. The number of hydrogen-bond donors (Lipinski definition) is 2. The predicted octanol–water partition coefficient (Wildman–Crippen LogP) is 3.98. The van der Waals surface area contributed by atoms with E-state index in [1.165, 1.54) is 6.20 Å². The molecule has 0 radical (unpaired) electrons. The van der Waals surface area contributed by atoms with Crippen molar-refractivity contribution < 1.29 is 23.1 Å². The number of aromatic nitrogens is 2. The van der Waals surface area contributed by atoms with Crippen LogP contribution in [0.25, 0.3) is 11.0 Å². The smallest absolute Gasteiger partial charge is 0.408 e. The average Bonchev–Trinajstić information content (AvgIpc) is 2.65. The minimum Gasteiger partial charge on any atom is -0.444 e. The quantitative estimate of drug-likeness (QED) is 0.641. The maximum atomic E-state index is 13.6. The molecule has 1 heterocycles. The van der Waals surface area contributed by atoms with E-state index in [9.17, 15) is 18.4 Å². The Morgan fingerprint density at radius 3 is 2.29 bits per heavy atom.